The average molecular weight is 421 g/mol. The number of thiophene rings is 1. The maximum Gasteiger partial charge on any atom is 0.339 e. The van der Waals surface area contributed by atoms with E-state index in [0.29, 0.717) is 4.88 Å². The molecule has 0 unspecified atom stereocenters. The molecule has 2 aromatic heterocycles. The molecule has 126 valence electrons. The number of rotatable bonds is 4. The Labute approximate surface area is 154 Å². The number of carbonyl (C=O) groups is 2. The molecule has 3 aromatic rings. The minimum absolute atomic E-state index is 0.0166. The molecule has 1 amide bonds. The average Bonchev–Trinajstić information content (AvgIpc) is 2.99. The van der Waals surface area contributed by atoms with Crippen molar-refractivity contribution in [3.8, 4) is 10.4 Å². The number of carboxylic acid groups (broad SMARTS) is 1. The molecule has 1 aromatic carbocycles. The van der Waals surface area contributed by atoms with E-state index in [-0.39, 0.29) is 16.9 Å². The summed E-state index contributed by atoms with van der Waals surface area (Å²) in [6, 6.07) is 11.0. The van der Waals surface area contributed by atoms with Crippen LogP contribution in [0.2, 0.25) is 0 Å². The van der Waals surface area contributed by atoms with Gasteiger partial charge in [0, 0.05) is 9.85 Å². The Bertz CT molecular complexity index is 957. The number of carboxylic acids is 1. The highest BCUT2D eigenvalue weighted by molar-refractivity contribution is 9.10. The summed E-state index contributed by atoms with van der Waals surface area (Å²) in [5.74, 6) is -2.63. The largest absolute Gasteiger partial charge is 0.478 e. The quantitative estimate of drug-likeness (QED) is 0.601. The number of nitrogens with one attached hydrogen (secondary N) is 1. The second kappa shape index (κ2) is 7.12. The maximum absolute atomic E-state index is 13.1. The number of hydrogen-bond donors (Lipinski definition) is 2. The molecular weight excluding hydrogens is 411 g/mol. The van der Waals surface area contributed by atoms with Crippen molar-refractivity contribution in [1.29, 1.82) is 0 Å². The van der Waals surface area contributed by atoms with Crippen LogP contribution in [0.5, 0.6) is 0 Å². The molecule has 0 aliphatic heterocycles. The minimum Gasteiger partial charge on any atom is -0.478 e. The maximum atomic E-state index is 13.1. The van der Waals surface area contributed by atoms with Crippen LogP contribution in [0, 0.1) is 5.95 Å². The molecule has 0 saturated heterocycles. The summed E-state index contributed by atoms with van der Waals surface area (Å²) in [6.07, 6.45) is 0. The van der Waals surface area contributed by atoms with Gasteiger partial charge < -0.3 is 10.4 Å². The van der Waals surface area contributed by atoms with Crippen LogP contribution in [0.15, 0.2) is 52.3 Å². The van der Waals surface area contributed by atoms with Gasteiger partial charge in [-0.3, -0.25) is 4.79 Å². The van der Waals surface area contributed by atoms with Crippen LogP contribution < -0.4 is 5.32 Å². The fourth-order valence-electron chi connectivity index (χ4n) is 2.20. The summed E-state index contributed by atoms with van der Waals surface area (Å²) < 4.78 is 14.0. The Kier molecular flexibility index (Phi) is 4.91. The topological polar surface area (TPSA) is 79.3 Å². The van der Waals surface area contributed by atoms with Crippen LogP contribution in [0.3, 0.4) is 0 Å². The van der Waals surface area contributed by atoms with Crippen molar-refractivity contribution in [3.05, 3.63) is 69.5 Å². The van der Waals surface area contributed by atoms with E-state index >= 15 is 0 Å². The fraction of sp³-hybridized carbons (Fsp3) is 0. The van der Waals surface area contributed by atoms with Crippen molar-refractivity contribution in [2.75, 3.05) is 5.32 Å². The fourth-order valence-corrected chi connectivity index (χ4v) is 3.46. The molecule has 0 radical (unpaired) electrons. The first kappa shape index (κ1) is 17.2. The molecule has 0 saturated carbocycles. The molecule has 0 aliphatic rings. The minimum atomic E-state index is -1.17. The number of aromatic carboxylic acids is 1. The number of benzene rings is 1. The number of anilines is 1. The monoisotopic (exact) mass is 420 g/mol. The predicted molar refractivity (Wildman–Crippen MR) is 96.6 cm³/mol. The molecule has 2 N–H and O–H groups in total. The van der Waals surface area contributed by atoms with Crippen LogP contribution in [-0.4, -0.2) is 22.0 Å². The Morgan fingerprint density at radius 1 is 1.16 bits per heavy atom. The van der Waals surface area contributed by atoms with Gasteiger partial charge in [0.15, 0.2) is 0 Å². The van der Waals surface area contributed by atoms with Crippen molar-refractivity contribution in [2.24, 2.45) is 0 Å². The van der Waals surface area contributed by atoms with Crippen molar-refractivity contribution in [3.63, 3.8) is 0 Å². The van der Waals surface area contributed by atoms with E-state index in [0.717, 1.165) is 16.1 Å². The van der Waals surface area contributed by atoms with Crippen molar-refractivity contribution in [1.82, 2.24) is 4.98 Å². The molecule has 0 fully saturated rings. The van der Waals surface area contributed by atoms with Gasteiger partial charge >= 0.3 is 5.97 Å². The van der Waals surface area contributed by atoms with E-state index in [2.05, 4.69) is 26.2 Å². The van der Waals surface area contributed by atoms with Crippen LogP contribution in [0.1, 0.15) is 20.8 Å². The Balaban J connectivity index is 1.96. The molecule has 0 aliphatic carbocycles. The van der Waals surface area contributed by atoms with Gasteiger partial charge in [-0.05, 0) is 29.8 Å². The lowest BCUT2D eigenvalue weighted by atomic mass is 10.1. The first-order chi connectivity index (χ1) is 12.0. The molecule has 0 atom stereocenters. The van der Waals surface area contributed by atoms with E-state index in [1.165, 1.54) is 28.8 Å². The summed E-state index contributed by atoms with van der Waals surface area (Å²) in [4.78, 5) is 27.9. The van der Waals surface area contributed by atoms with Gasteiger partial charge in [0.25, 0.3) is 5.91 Å². The third kappa shape index (κ3) is 3.75. The van der Waals surface area contributed by atoms with E-state index < -0.39 is 17.8 Å². The molecule has 0 bridgehead atoms. The van der Waals surface area contributed by atoms with Crippen LogP contribution >= 0.6 is 27.3 Å². The predicted octanol–water partition coefficient (Wildman–Crippen LogP) is 4.66. The number of carbonyl (C=O) groups excluding carboxylic acids is 1. The summed E-state index contributed by atoms with van der Waals surface area (Å²) >= 11 is 4.53. The van der Waals surface area contributed by atoms with Gasteiger partial charge in [0.2, 0.25) is 5.95 Å². The second-order valence-corrected chi connectivity index (χ2v) is 6.76. The molecule has 5 nitrogen and oxygen atoms in total. The van der Waals surface area contributed by atoms with Gasteiger partial charge in [-0.15, -0.1) is 11.3 Å². The highest BCUT2D eigenvalue weighted by Crippen LogP contribution is 2.36. The van der Waals surface area contributed by atoms with Crippen LogP contribution in [0.4, 0.5) is 10.1 Å². The lowest BCUT2D eigenvalue weighted by molar-refractivity contribution is 0.0699. The number of hydrogen-bond acceptors (Lipinski definition) is 4. The summed E-state index contributed by atoms with van der Waals surface area (Å²) in [5.41, 5.74) is 0.714. The van der Waals surface area contributed by atoms with E-state index in [9.17, 15) is 19.1 Å². The Morgan fingerprint density at radius 3 is 2.52 bits per heavy atom. The third-order valence-electron chi connectivity index (χ3n) is 3.31. The molecule has 0 spiro atoms. The highest BCUT2D eigenvalue weighted by atomic mass is 79.9. The first-order valence-corrected chi connectivity index (χ1v) is 8.67. The molecule has 3 rings (SSSR count). The molecule has 25 heavy (non-hydrogen) atoms. The summed E-state index contributed by atoms with van der Waals surface area (Å²) in [5, 5.41) is 13.6. The normalized spacial score (nSPS) is 10.5. The SMILES string of the molecule is O=C(Nc1csc(-c2ccc(Br)cc2)c1C(=O)O)c1cccc(F)n1. The van der Waals surface area contributed by atoms with E-state index in [4.69, 9.17) is 0 Å². The number of nitrogens with zero attached hydrogens (tertiary/aromatic N) is 1. The van der Waals surface area contributed by atoms with Crippen molar-refractivity contribution < 1.29 is 19.1 Å². The van der Waals surface area contributed by atoms with Gasteiger partial charge in [0.05, 0.1) is 10.6 Å². The van der Waals surface area contributed by atoms with Gasteiger partial charge in [-0.25, -0.2) is 9.78 Å². The van der Waals surface area contributed by atoms with Crippen molar-refractivity contribution >= 4 is 44.8 Å². The van der Waals surface area contributed by atoms with Gasteiger partial charge in [-0.2, -0.15) is 4.39 Å². The molecule has 8 heteroatoms. The zero-order valence-corrected chi connectivity index (χ0v) is 14.9. The third-order valence-corrected chi connectivity index (χ3v) is 4.86. The smallest absolute Gasteiger partial charge is 0.339 e. The number of amides is 1. The number of aromatic nitrogens is 1. The second-order valence-electron chi connectivity index (χ2n) is 4.97. The summed E-state index contributed by atoms with van der Waals surface area (Å²) in [7, 11) is 0. The first-order valence-electron chi connectivity index (χ1n) is 7.00. The lowest BCUT2D eigenvalue weighted by Gasteiger charge is -2.06. The van der Waals surface area contributed by atoms with E-state index in [1.807, 2.05) is 0 Å². The number of halogens is 2. The Hall–Kier alpha value is -2.58. The zero-order chi connectivity index (χ0) is 18.0. The van der Waals surface area contributed by atoms with Crippen molar-refractivity contribution in [2.45, 2.75) is 0 Å². The van der Waals surface area contributed by atoms with E-state index in [1.54, 1.807) is 24.3 Å². The Morgan fingerprint density at radius 2 is 1.88 bits per heavy atom. The van der Waals surface area contributed by atoms with Gasteiger partial charge in [0.1, 0.15) is 11.3 Å². The lowest BCUT2D eigenvalue weighted by Crippen LogP contribution is -2.15. The van der Waals surface area contributed by atoms with Gasteiger partial charge in [-0.1, -0.05) is 34.1 Å². The molecular formula is C17H10BrFN2O3S. The van der Waals surface area contributed by atoms with Crippen LogP contribution in [0.25, 0.3) is 10.4 Å². The highest BCUT2D eigenvalue weighted by Gasteiger charge is 2.22. The molecule has 2 heterocycles. The summed E-state index contributed by atoms with van der Waals surface area (Å²) in [6.45, 7) is 0. The number of pyridine rings is 1. The zero-order valence-electron chi connectivity index (χ0n) is 12.5. The standard InChI is InChI=1S/C17H10BrFN2O3S/c18-10-6-4-9(5-7-10)15-14(17(23)24)12(8-25-15)21-16(22)11-2-1-3-13(19)20-11/h1-8H,(H,21,22)(H,23,24). The van der Waals surface area contributed by atoms with Crippen LogP contribution in [-0.2, 0) is 0 Å².